The monoisotopic (exact) mass is 259 g/mol. The Morgan fingerprint density at radius 1 is 1.00 bits per heavy atom. The molecule has 0 bridgehead atoms. The molecule has 0 aliphatic heterocycles. The van der Waals surface area contributed by atoms with Crippen LogP contribution in [0, 0.1) is 29.6 Å². The summed E-state index contributed by atoms with van der Waals surface area (Å²) in [6.45, 7) is 2.01. The second kappa shape index (κ2) is 4.49. The standard InChI is InChI=1S/C15H9N5/c1-10-2-4-13(5-3-10)20-15-7-12(9-17)11(8-16)6-14(15)18-19-20/h2-7H,1H3. The Labute approximate surface area is 115 Å². The largest absolute Gasteiger partial charge is 0.213 e. The van der Waals surface area contributed by atoms with Crippen molar-refractivity contribution < 1.29 is 0 Å². The number of hydrogen-bond acceptors (Lipinski definition) is 4. The molecule has 20 heavy (non-hydrogen) atoms. The van der Waals surface area contributed by atoms with E-state index in [9.17, 15) is 0 Å². The highest BCUT2D eigenvalue weighted by Crippen LogP contribution is 2.20. The van der Waals surface area contributed by atoms with Gasteiger partial charge < -0.3 is 0 Å². The van der Waals surface area contributed by atoms with Crippen LogP contribution < -0.4 is 0 Å². The maximum Gasteiger partial charge on any atom is 0.115 e. The van der Waals surface area contributed by atoms with E-state index in [1.807, 2.05) is 43.3 Å². The number of fused-ring (bicyclic) bond motifs is 1. The molecule has 0 fully saturated rings. The van der Waals surface area contributed by atoms with Crippen molar-refractivity contribution in [3.8, 4) is 17.8 Å². The first-order valence-electron chi connectivity index (χ1n) is 5.99. The van der Waals surface area contributed by atoms with E-state index in [4.69, 9.17) is 10.5 Å². The maximum atomic E-state index is 9.09. The third kappa shape index (κ3) is 1.79. The molecule has 0 aliphatic rings. The Balaban J connectivity index is 2.26. The van der Waals surface area contributed by atoms with Gasteiger partial charge in [0.15, 0.2) is 0 Å². The molecule has 2 aromatic carbocycles. The summed E-state index contributed by atoms with van der Waals surface area (Å²) in [7, 11) is 0. The summed E-state index contributed by atoms with van der Waals surface area (Å²) in [5.74, 6) is 0. The fraction of sp³-hybridized carbons (Fsp3) is 0.0667. The fourth-order valence-corrected chi connectivity index (χ4v) is 2.03. The van der Waals surface area contributed by atoms with E-state index >= 15 is 0 Å². The molecule has 0 atom stereocenters. The van der Waals surface area contributed by atoms with E-state index in [0.29, 0.717) is 22.2 Å². The van der Waals surface area contributed by atoms with Crippen LogP contribution in [0.25, 0.3) is 16.7 Å². The van der Waals surface area contributed by atoms with Gasteiger partial charge in [-0.25, -0.2) is 4.68 Å². The van der Waals surface area contributed by atoms with Crippen molar-refractivity contribution in [2.24, 2.45) is 0 Å². The van der Waals surface area contributed by atoms with Crippen LogP contribution in [0.3, 0.4) is 0 Å². The van der Waals surface area contributed by atoms with Gasteiger partial charge in [-0.2, -0.15) is 10.5 Å². The molecule has 0 N–H and O–H groups in total. The Morgan fingerprint density at radius 2 is 1.65 bits per heavy atom. The minimum absolute atomic E-state index is 0.316. The van der Waals surface area contributed by atoms with Crippen molar-refractivity contribution in [2.75, 3.05) is 0 Å². The Hall–Kier alpha value is -3.18. The number of benzene rings is 2. The molecule has 1 aromatic heterocycles. The van der Waals surface area contributed by atoms with E-state index in [1.54, 1.807) is 16.8 Å². The first-order valence-corrected chi connectivity index (χ1v) is 5.99. The predicted molar refractivity (Wildman–Crippen MR) is 73.0 cm³/mol. The van der Waals surface area contributed by atoms with Gasteiger partial charge in [-0.3, -0.25) is 0 Å². The summed E-state index contributed by atoms with van der Waals surface area (Å²) < 4.78 is 1.66. The number of aryl methyl sites for hydroxylation is 1. The van der Waals surface area contributed by atoms with Crippen molar-refractivity contribution >= 4 is 11.0 Å². The van der Waals surface area contributed by atoms with Crippen molar-refractivity contribution in [3.05, 3.63) is 53.1 Å². The summed E-state index contributed by atoms with van der Waals surface area (Å²) >= 11 is 0. The van der Waals surface area contributed by atoms with Gasteiger partial charge in [0.25, 0.3) is 0 Å². The molecule has 94 valence electrons. The van der Waals surface area contributed by atoms with Crippen LogP contribution >= 0.6 is 0 Å². The van der Waals surface area contributed by atoms with Crippen LogP contribution in [0.4, 0.5) is 0 Å². The summed E-state index contributed by atoms with van der Waals surface area (Å²) in [6.07, 6.45) is 0. The van der Waals surface area contributed by atoms with E-state index in [-0.39, 0.29) is 0 Å². The molecular weight excluding hydrogens is 250 g/mol. The average Bonchev–Trinajstić information content (AvgIpc) is 2.89. The molecule has 0 aliphatic carbocycles. The summed E-state index contributed by atoms with van der Waals surface area (Å²) in [4.78, 5) is 0. The topological polar surface area (TPSA) is 78.3 Å². The van der Waals surface area contributed by atoms with Gasteiger partial charge >= 0.3 is 0 Å². The molecular formula is C15H9N5. The molecule has 0 spiro atoms. The first-order chi connectivity index (χ1) is 9.72. The van der Waals surface area contributed by atoms with Crippen molar-refractivity contribution in [1.29, 1.82) is 10.5 Å². The number of hydrogen-bond donors (Lipinski definition) is 0. The Bertz CT molecular complexity index is 875. The van der Waals surface area contributed by atoms with Gasteiger partial charge in [-0.15, -0.1) is 5.10 Å². The van der Waals surface area contributed by atoms with Crippen LogP contribution in [-0.4, -0.2) is 15.0 Å². The lowest BCUT2D eigenvalue weighted by Crippen LogP contribution is -1.97. The minimum Gasteiger partial charge on any atom is -0.213 e. The third-order valence-corrected chi connectivity index (χ3v) is 3.10. The lowest BCUT2D eigenvalue weighted by molar-refractivity contribution is 0.823. The van der Waals surface area contributed by atoms with E-state index < -0.39 is 0 Å². The number of rotatable bonds is 1. The molecule has 5 heteroatoms. The van der Waals surface area contributed by atoms with Gasteiger partial charge in [-0.05, 0) is 31.2 Å². The number of nitriles is 2. The van der Waals surface area contributed by atoms with Crippen molar-refractivity contribution in [3.63, 3.8) is 0 Å². The zero-order chi connectivity index (χ0) is 14.1. The van der Waals surface area contributed by atoms with Gasteiger partial charge in [0, 0.05) is 0 Å². The van der Waals surface area contributed by atoms with Crippen molar-refractivity contribution in [2.45, 2.75) is 6.92 Å². The zero-order valence-corrected chi connectivity index (χ0v) is 10.7. The second-order valence-corrected chi connectivity index (χ2v) is 4.45. The van der Waals surface area contributed by atoms with Gasteiger partial charge in [-0.1, -0.05) is 22.9 Å². The highest BCUT2D eigenvalue weighted by Gasteiger charge is 2.11. The second-order valence-electron chi connectivity index (χ2n) is 4.45. The van der Waals surface area contributed by atoms with Crippen LogP contribution in [0.5, 0.6) is 0 Å². The lowest BCUT2D eigenvalue weighted by Gasteiger charge is -2.03. The van der Waals surface area contributed by atoms with Crippen LogP contribution in [0.2, 0.25) is 0 Å². The third-order valence-electron chi connectivity index (χ3n) is 3.10. The van der Waals surface area contributed by atoms with E-state index in [2.05, 4.69) is 10.3 Å². The molecule has 0 radical (unpaired) electrons. The molecule has 0 unspecified atom stereocenters. The lowest BCUT2D eigenvalue weighted by atomic mass is 10.1. The number of aromatic nitrogens is 3. The van der Waals surface area contributed by atoms with Gasteiger partial charge in [0.2, 0.25) is 0 Å². The van der Waals surface area contributed by atoms with Gasteiger partial charge in [0.05, 0.1) is 22.3 Å². The molecule has 3 aromatic rings. The quantitative estimate of drug-likeness (QED) is 0.672. The molecule has 0 amide bonds. The molecule has 1 heterocycles. The summed E-state index contributed by atoms with van der Waals surface area (Å²) in [6, 6.07) is 15.1. The molecule has 0 saturated carbocycles. The van der Waals surface area contributed by atoms with E-state index in [0.717, 1.165) is 11.3 Å². The smallest absolute Gasteiger partial charge is 0.115 e. The van der Waals surface area contributed by atoms with Crippen LogP contribution in [0.15, 0.2) is 36.4 Å². The maximum absolute atomic E-state index is 9.09. The Morgan fingerprint density at radius 3 is 2.30 bits per heavy atom. The average molecular weight is 259 g/mol. The zero-order valence-electron chi connectivity index (χ0n) is 10.7. The van der Waals surface area contributed by atoms with Crippen LogP contribution in [-0.2, 0) is 0 Å². The van der Waals surface area contributed by atoms with Gasteiger partial charge in [0.1, 0.15) is 17.7 Å². The molecule has 0 saturated heterocycles. The predicted octanol–water partition coefficient (Wildman–Crippen LogP) is 2.47. The fourth-order valence-electron chi connectivity index (χ4n) is 2.03. The molecule has 5 nitrogen and oxygen atoms in total. The minimum atomic E-state index is 0.316. The first kappa shape index (κ1) is 11.9. The highest BCUT2D eigenvalue weighted by atomic mass is 15.4. The molecule has 3 rings (SSSR count). The van der Waals surface area contributed by atoms with Crippen molar-refractivity contribution in [1.82, 2.24) is 15.0 Å². The highest BCUT2D eigenvalue weighted by molar-refractivity contribution is 5.80. The summed E-state index contributed by atoms with van der Waals surface area (Å²) in [5.41, 5.74) is 3.98. The summed E-state index contributed by atoms with van der Waals surface area (Å²) in [5, 5.41) is 26.2. The van der Waals surface area contributed by atoms with Crippen LogP contribution in [0.1, 0.15) is 16.7 Å². The SMILES string of the molecule is Cc1ccc(-n2nnc3cc(C#N)c(C#N)cc32)cc1. The number of nitrogens with zero attached hydrogens (tertiary/aromatic N) is 5. The normalized spacial score (nSPS) is 10.2. The van der Waals surface area contributed by atoms with E-state index in [1.165, 1.54) is 0 Å². The Kier molecular flexibility index (Phi) is 2.67.